The first-order valence-electron chi connectivity index (χ1n) is 10.3. The lowest BCUT2D eigenvalue weighted by atomic mass is 9.96. The van der Waals surface area contributed by atoms with Crippen molar-refractivity contribution in [3.63, 3.8) is 0 Å². The Labute approximate surface area is 176 Å². The fourth-order valence-corrected chi connectivity index (χ4v) is 4.40. The summed E-state index contributed by atoms with van der Waals surface area (Å²) >= 11 is 0. The zero-order valence-corrected chi connectivity index (χ0v) is 16.6. The topological polar surface area (TPSA) is 96.5 Å². The van der Waals surface area contributed by atoms with Crippen molar-refractivity contribution in [3.8, 4) is 0 Å². The lowest BCUT2D eigenvalue weighted by Crippen LogP contribution is -2.38. The first-order chi connectivity index (χ1) is 15.2. The fourth-order valence-electron chi connectivity index (χ4n) is 4.40. The van der Waals surface area contributed by atoms with E-state index in [1.807, 2.05) is 41.3 Å². The van der Waals surface area contributed by atoms with Gasteiger partial charge in [0.1, 0.15) is 16.7 Å². The van der Waals surface area contributed by atoms with Gasteiger partial charge in [0.15, 0.2) is 11.5 Å². The van der Waals surface area contributed by atoms with Crippen molar-refractivity contribution in [2.45, 2.75) is 18.8 Å². The average molecular weight is 413 g/mol. The molecule has 1 amide bonds. The normalized spacial score (nSPS) is 15.3. The third-order valence-corrected chi connectivity index (χ3v) is 6.05. The number of carbonyl (C=O) groups excluding carboxylic acids is 1. The molecule has 0 aliphatic carbocycles. The number of aromatic amines is 1. The summed E-state index contributed by atoms with van der Waals surface area (Å²) in [6.45, 7) is 1.19. The number of rotatable bonds is 2. The van der Waals surface area contributed by atoms with Crippen molar-refractivity contribution in [1.29, 1.82) is 0 Å². The number of nitrogens with one attached hydrogen (secondary N) is 1. The van der Waals surface area contributed by atoms with E-state index in [1.165, 1.54) is 6.20 Å². The zero-order chi connectivity index (χ0) is 20.9. The highest BCUT2D eigenvalue weighted by molar-refractivity contribution is 6.00. The van der Waals surface area contributed by atoms with Crippen molar-refractivity contribution in [2.75, 3.05) is 13.1 Å². The molecule has 1 fully saturated rings. The summed E-state index contributed by atoms with van der Waals surface area (Å²) in [7, 11) is 0. The maximum atomic E-state index is 13.2. The quantitative estimate of drug-likeness (QED) is 0.479. The van der Waals surface area contributed by atoms with Gasteiger partial charge in [0.2, 0.25) is 0 Å². The second kappa shape index (κ2) is 6.80. The summed E-state index contributed by atoms with van der Waals surface area (Å²) in [6, 6.07) is 15.0. The molecule has 0 unspecified atom stereocenters. The molecule has 1 aliphatic heterocycles. The Balaban J connectivity index is 1.26. The highest BCUT2D eigenvalue weighted by atomic mass is 16.3. The molecule has 1 aliphatic rings. The molecule has 31 heavy (non-hydrogen) atoms. The van der Waals surface area contributed by atoms with E-state index in [0.29, 0.717) is 35.2 Å². The van der Waals surface area contributed by atoms with Crippen LogP contribution in [0.1, 0.15) is 35.0 Å². The van der Waals surface area contributed by atoms with Crippen molar-refractivity contribution < 1.29 is 9.21 Å². The van der Waals surface area contributed by atoms with E-state index in [4.69, 9.17) is 4.42 Å². The third-order valence-electron chi connectivity index (χ3n) is 6.05. The number of oxazole rings is 1. The molecule has 0 spiro atoms. The van der Waals surface area contributed by atoms with Crippen LogP contribution in [0.25, 0.3) is 27.6 Å². The van der Waals surface area contributed by atoms with Gasteiger partial charge in [0.05, 0.1) is 17.1 Å². The number of H-pyrrole nitrogens is 1. The Hall–Kier alpha value is -3.94. The Bertz CT molecular complexity index is 1470. The molecule has 0 bridgehead atoms. The molecular formula is C23H19N5O3. The lowest BCUT2D eigenvalue weighted by molar-refractivity contribution is 0.0708. The lowest BCUT2D eigenvalue weighted by Gasteiger charge is -2.30. The molecule has 154 valence electrons. The second-order valence-corrected chi connectivity index (χ2v) is 7.88. The summed E-state index contributed by atoms with van der Waals surface area (Å²) in [5.41, 5.74) is 2.93. The summed E-state index contributed by atoms with van der Waals surface area (Å²) in [6.07, 6.45) is 3.08. The molecule has 0 atom stereocenters. The van der Waals surface area contributed by atoms with Crippen LogP contribution in [0.3, 0.4) is 0 Å². The van der Waals surface area contributed by atoms with Gasteiger partial charge < -0.3 is 14.3 Å². The molecule has 6 rings (SSSR count). The third kappa shape index (κ3) is 2.83. The molecule has 8 heteroatoms. The second-order valence-electron chi connectivity index (χ2n) is 7.88. The number of benzene rings is 2. The first kappa shape index (κ1) is 17.9. The Morgan fingerprint density at radius 3 is 2.68 bits per heavy atom. The van der Waals surface area contributed by atoms with Gasteiger partial charge in [0.25, 0.3) is 11.5 Å². The van der Waals surface area contributed by atoms with Crippen molar-refractivity contribution in [1.82, 2.24) is 24.5 Å². The van der Waals surface area contributed by atoms with Gasteiger partial charge in [0, 0.05) is 19.0 Å². The molecule has 2 aromatic carbocycles. The molecule has 3 aromatic heterocycles. The molecule has 1 N–H and O–H groups in total. The van der Waals surface area contributed by atoms with E-state index < -0.39 is 0 Å². The minimum Gasteiger partial charge on any atom is -0.440 e. The van der Waals surface area contributed by atoms with Gasteiger partial charge in [-0.25, -0.2) is 9.50 Å². The van der Waals surface area contributed by atoms with Crippen LogP contribution in [-0.2, 0) is 0 Å². The van der Waals surface area contributed by atoms with Gasteiger partial charge >= 0.3 is 0 Å². The molecule has 0 radical (unpaired) electrons. The van der Waals surface area contributed by atoms with Gasteiger partial charge in [-0.05, 0) is 37.1 Å². The minimum absolute atomic E-state index is 0.128. The van der Waals surface area contributed by atoms with Gasteiger partial charge in [-0.3, -0.25) is 9.59 Å². The summed E-state index contributed by atoms with van der Waals surface area (Å²) < 4.78 is 7.54. The standard InChI is InChI=1S/C23H19N5O3/c29-21-15-5-1-3-7-18(15)28-20(26-21)16(13-24-28)23(30)27-11-9-14(10-12-27)22-25-17-6-2-4-8-19(17)31-22/h1-8,13-14H,9-12H2,(H,26,29). The van der Waals surface area contributed by atoms with Crippen LogP contribution < -0.4 is 5.56 Å². The number of likely N-dealkylation sites (tertiary alicyclic amines) is 1. The predicted molar refractivity (Wildman–Crippen MR) is 115 cm³/mol. The van der Waals surface area contributed by atoms with Crippen molar-refractivity contribution in [2.24, 2.45) is 0 Å². The number of hydrogen-bond acceptors (Lipinski definition) is 5. The van der Waals surface area contributed by atoms with Crippen molar-refractivity contribution in [3.05, 3.63) is 76.5 Å². The molecule has 0 saturated carbocycles. The molecular weight excluding hydrogens is 394 g/mol. The van der Waals surface area contributed by atoms with Crippen LogP contribution in [0.2, 0.25) is 0 Å². The van der Waals surface area contributed by atoms with E-state index in [9.17, 15) is 9.59 Å². The van der Waals surface area contributed by atoms with Crippen LogP contribution in [0.15, 0.2) is 63.9 Å². The number of para-hydroxylation sites is 3. The Morgan fingerprint density at radius 1 is 1.06 bits per heavy atom. The van der Waals surface area contributed by atoms with E-state index >= 15 is 0 Å². The Morgan fingerprint density at radius 2 is 1.84 bits per heavy atom. The van der Waals surface area contributed by atoms with E-state index in [-0.39, 0.29) is 17.4 Å². The molecule has 1 saturated heterocycles. The number of carbonyl (C=O) groups is 1. The Kier molecular flexibility index (Phi) is 3.92. The number of fused-ring (bicyclic) bond motifs is 4. The maximum absolute atomic E-state index is 13.2. The number of amides is 1. The average Bonchev–Trinajstić information content (AvgIpc) is 3.43. The number of hydrogen-bond donors (Lipinski definition) is 1. The highest BCUT2D eigenvalue weighted by Gasteiger charge is 2.29. The van der Waals surface area contributed by atoms with E-state index in [0.717, 1.165) is 29.8 Å². The van der Waals surface area contributed by atoms with Gasteiger partial charge in [-0.2, -0.15) is 5.10 Å². The summed E-state index contributed by atoms with van der Waals surface area (Å²) in [4.78, 5) is 34.9. The number of piperidine rings is 1. The molecule has 4 heterocycles. The van der Waals surface area contributed by atoms with Crippen LogP contribution in [0, 0.1) is 0 Å². The number of nitrogens with zero attached hydrogens (tertiary/aromatic N) is 4. The minimum atomic E-state index is -0.229. The van der Waals surface area contributed by atoms with Crippen LogP contribution >= 0.6 is 0 Å². The highest BCUT2D eigenvalue weighted by Crippen LogP contribution is 2.30. The van der Waals surface area contributed by atoms with E-state index in [1.54, 1.807) is 16.6 Å². The van der Waals surface area contributed by atoms with Gasteiger partial charge in [-0.15, -0.1) is 0 Å². The largest absolute Gasteiger partial charge is 0.440 e. The fraction of sp³-hybridized carbons (Fsp3) is 0.217. The maximum Gasteiger partial charge on any atom is 0.259 e. The first-order valence-corrected chi connectivity index (χ1v) is 10.3. The molecule has 5 aromatic rings. The van der Waals surface area contributed by atoms with E-state index in [2.05, 4.69) is 15.1 Å². The zero-order valence-electron chi connectivity index (χ0n) is 16.6. The van der Waals surface area contributed by atoms with Crippen LogP contribution in [0.4, 0.5) is 0 Å². The summed E-state index contributed by atoms with van der Waals surface area (Å²) in [5, 5.41) is 4.90. The number of aromatic nitrogens is 4. The summed E-state index contributed by atoms with van der Waals surface area (Å²) in [5.74, 6) is 0.793. The van der Waals surface area contributed by atoms with Crippen LogP contribution in [0.5, 0.6) is 0 Å². The van der Waals surface area contributed by atoms with Gasteiger partial charge in [-0.1, -0.05) is 24.3 Å². The van der Waals surface area contributed by atoms with Crippen LogP contribution in [-0.4, -0.2) is 43.5 Å². The van der Waals surface area contributed by atoms with Crippen molar-refractivity contribution >= 4 is 33.6 Å². The monoisotopic (exact) mass is 413 g/mol. The molecule has 8 nitrogen and oxygen atoms in total. The predicted octanol–water partition coefficient (Wildman–Crippen LogP) is 3.34. The SMILES string of the molecule is O=C(c1cnn2c1[nH]c(=O)c1ccccc12)N1CCC(c2nc3ccccc3o2)CC1. The smallest absolute Gasteiger partial charge is 0.259 e.